The van der Waals surface area contributed by atoms with E-state index in [9.17, 15) is 9.59 Å². The van der Waals surface area contributed by atoms with E-state index in [4.69, 9.17) is 5.11 Å². The summed E-state index contributed by atoms with van der Waals surface area (Å²) in [6, 6.07) is -0.151. The number of nitrogens with one attached hydrogen (secondary N) is 1. The molecule has 0 aromatic heterocycles. The summed E-state index contributed by atoms with van der Waals surface area (Å²) >= 11 is 0. The molecule has 1 amide bonds. The van der Waals surface area contributed by atoms with Crippen LogP contribution in [0.1, 0.15) is 39.5 Å². The average molecular weight is 225 g/mol. The van der Waals surface area contributed by atoms with Crippen molar-refractivity contribution >= 4 is 11.9 Å². The Balaban J connectivity index is 1.86. The third-order valence-electron chi connectivity index (χ3n) is 3.74. The molecule has 0 heterocycles. The van der Waals surface area contributed by atoms with E-state index in [0.29, 0.717) is 5.92 Å². The molecule has 2 fully saturated rings. The molecule has 0 bridgehead atoms. The van der Waals surface area contributed by atoms with Crippen LogP contribution in [-0.2, 0) is 9.59 Å². The van der Waals surface area contributed by atoms with Crippen molar-refractivity contribution in [2.24, 2.45) is 17.3 Å². The summed E-state index contributed by atoms with van der Waals surface area (Å²) in [5, 5.41) is 11.7. The molecule has 2 saturated carbocycles. The van der Waals surface area contributed by atoms with Crippen LogP contribution >= 0.6 is 0 Å². The molecule has 2 N–H and O–H groups in total. The van der Waals surface area contributed by atoms with Crippen molar-refractivity contribution in [3.05, 3.63) is 0 Å². The Morgan fingerprint density at radius 1 is 1.44 bits per heavy atom. The maximum absolute atomic E-state index is 11.8. The molecule has 4 nitrogen and oxygen atoms in total. The zero-order valence-corrected chi connectivity index (χ0v) is 9.82. The van der Waals surface area contributed by atoms with Gasteiger partial charge in [0.15, 0.2) is 0 Å². The van der Waals surface area contributed by atoms with Crippen LogP contribution in [0, 0.1) is 17.3 Å². The van der Waals surface area contributed by atoms with Gasteiger partial charge in [0.1, 0.15) is 0 Å². The summed E-state index contributed by atoms with van der Waals surface area (Å²) in [6.45, 7) is 4.14. The number of aliphatic carboxylic acids is 1. The molecule has 2 aliphatic rings. The first-order chi connectivity index (χ1) is 7.40. The van der Waals surface area contributed by atoms with Crippen LogP contribution in [0.2, 0.25) is 0 Å². The number of carbonyl (C=O) groups is 2. The first-order valence-corrected chi connectivity index (χ1v) is 5.92. The van der Waals surface area contributed by atoms with Crippen molar-refractivity contribution in [1.82, 2.24) is 5.32 Å². The molecule has 0 spiro atoms. The van der Waals surface area contributed by atoms with Gasteiger partial charge < -0.3 is 10.4 Å². The third kappa shape index (κ3) is 2.54. The van der Waals surface area contributed by atoms with Crippen LogP contribution in [0.15, 0.2) is 0 Å². The fraction of sp³-hybridized carbons (Fsp3) is 0.833. The van der Waals surface area contributed by atoms with Gasteiger partial charge in [-0.25, -0.2) is 0 Å². The van der Waals surface area contributed by atoms with Gasteiger partial charge in [0, 0.05) is 12.0 Å². The van der Waals surface area contributed by atoms with E-state index >= 15 is 0 Å². The molecule has 90 valence electrons. The number of hydrogen-bond donors (Lipinski definition) is 2. The Hall–Kier alpha value is -1.06. The maximum atomic E-state index is 11.8. The SMILES string of the molecule is CC1(C)CC1C(=O)NC(CC(=O)O)C1CC1. The van der Waals surface area contributed by atoms with Crippen molar-refractivity contribution in [1.29, 1.82) is 0 Å². The van der Waals surface area contributed by atoms with Gasteiger partial charge >= 0.3 is 5.97 Å². The molecule has 2 rings (SSSR count). The molecule has 0 aliphatic heterocycles. The van der Waals surface area contributed by atoms with E-state index in [2.05, 4.69) is 19.2 Å². The number of carboxylic acid groups (broad SMARTS) is 1. The summed E-state index contributed by atoms with van der Waals surface area (Å²) in [7, 11) is 0. The van der Waals surface area contributed by atoms with E-state index in [1.165, 1.54) is 0 Å². The van der Waals surface area contributed by atoms with E-state index in [0.717, 1.165) is 19.3 Å². The highest BCUT2D eigenvalue weighted by Gasteiger charge is 2.51. The molecule has 2 aliphatic carbocycles. The molecule has 0 aromatic carbocycles. The quantitative estimate of drug-likeness (QED) is 0.743. The first kappa shape index (κ1) is 11.4. The van der Waals surface area contributed by atoms with Crippen molar-refractivity contribution in [2.75, 3.05) is 0 Å². The molecule has 0 radical (unpaired) electrons. The number of carboxylic acids is 1. The molecular formula is C12H19NO3. The summed E-state index contributed by atoms with van der Waals surface area (Å²) in [6.07, 6.45) is 3.07. The van der Waals surface area contributed by atoms with E-state index in [1.54, 1.807) is 0 Å². The fourth-order valence-electron chi connectivity index (χ4n) is 2.22. The highest BCUT2D eigenvalue weighted by Crippen LogP contribution is 2.51. The monoisotopic (exact) mass is 225 g/mol. The third-order valence-corrected chi connectivity index (χ3v) is 3.74. The summed E-state index contributed by atoms with van der Waals surface area (Å²) in [5.74, 6) is -0.306. The van der Waals surface area contributed by atoms with Crippen LogP contribution in [0.5, 0.6) is 0 Å². The highest BCUT2D eigenvalue weighted by molar-refractivity contribution is 5.83. The lowest BCUT2D eigenvalue weighted by molar-refractivity contribution is -0.138. The van der Waals surface area contributed by atoms with Gasteiger partial charge in [0.2, 0.25) is 5.91 Å². The topological polar surface area (TPSA) is 66.4 Å². The minimum absolute atomic E-state index is 0.0446. The Labute approximate surface area is 95.4 Å². The Morgan fingerprint density at radius 2 is 2.00 bits per heavy atom. The van der Waals surface area contributed by atoms with Crippen molar-refractivity contribution in [3.8, 4) is 0 Å². The summed E-state index contributed by atoms with van der Waals surface area (Å²) in [5.41, 5.74) is 0.113. The lowest BCUT2D eigenvalue weighted by Crippen LogP contribution is -2.39. The van der Waals surface area contributed by atoms with Gasteiger partial charge in [-0.3, -0.25) is 9.59 Å². The zero-order valence-electron chi connectivity index (χ0n) is 9.82. The molecule has 4 heteroatoms. The van der Waals surface area contributed by atoms with E-state index in [-0.39, 0.29) is 29.7 Å². The van der Waals surface area contributed by atoms with Gasteiger partial charge in [-0.2, -0.15) is 0 Å². The standard InChI is InChI=1S/C12H19NO3/c1-12(2)6-8(12)11(16)13-9(5-10(14)15)7-3-4-7/h7-9H,3-6H2,1-2H3,(H,13,16)(H,14,15). The van der Waals surface area contributed by atoms with E-state index in [1.807, 2.05) is 0 Å². The van der Waals surface area contributed by atoms with Crippen molar-refractivity contribution < 1.29 is 14.7 Å². The van der Waals surface area contributed by atoms with Crippen LogP contribution in [0.3, 0.4) is 0 Å². The van der Waals surface area contributed by atoms with Crippen molar-refractivity contribution in [2.45, 2.75) is 45.6 Å². The molecule has 0 saturated heterocycles. The first-order valence-electron chi connectivity index (χ1n) is 5.92. The summed E-state index contributed by atoms with van der Waals surface area (Å²) in [4.78, 5) is 22.5. The normalized spacial score (nSPS) is 28.2. The smallest absolute Gasteiger partial charge is 0.305 e. The lowest BCUT2D eigenvalue weighted by atomic mass is 10.1. The summed E-state index contributed by atoms with van der Waals surface area (Å²) < 4.78 is 0. The maximum Gasteiger partial charge on any atom is 0.305 e. The van der Waals surface area contributed by atoms with Gasteiger partial charge in [-0.1, -0.05) is 13.8 Å². The second kappa shape index (κ2) is 3.75. The van der Waals surface area contributed by atoms with Gasteiger partial charge in [0.25, 0.3) is 0 Å². The number of amides is 1. The Morgan fingerprint density at radius 3 is 2.38 bits per heavy atom. The fourth-order valence-corrected chi connectivity index (χ4v) is 2.22. The predicted molar refractivity (Wildman–Crippen MR) is 58.8 cm³/mol. The second-order valence-corrected chi connectivity index (χ2v) is 5.80. The zero-order chi connectivity index (χ0) is 11.9. The number of hydrogen-bond acceptors (Lipinski definition) is 2. The molecule has 2 unspecified atom stereocenters. The second-order valence-electron chi connectivity index (χ2n) is 5.80. The van der Waals surface area contributed by atoms with Gasteiger partial charge in [-0.15, -0.1) is 0 Å². The minimum Gasteiger partial charge on any atom is -0.481 e. The molecule has 0 aromatic rings. The van der Waals surface area contributed by atoms with Gasteiger partial charge in [0.05, 0.1) is 6.42 Å². The van der Waals surface area contributed by atoms with E-state index < -0.39 is 5.97 Å². The lowest BCUT2D eigenvalue weighted by Gasteiger charge is -2.16. The van der Waals surface area contributed by atoms with Crippen LogP contribution in [0.25, 0.3) is 0 Å². The minimum atomic E-state index is -0.827. The number of carbonyl (C=O) groups excluding carboxylic acids is 1. The Bertz CT molecular complexity index is 320. The average Bonchev–Trinajstić information content (AvgIpc) is 2.98. The molecular weight excluding hydrogens is 206 g/mol. The molecule has 16 heavy (non-hydrogen) atoms. The Kier molecular flexibility index (Phi) is 2.68. The largest absolute Gasteiger partial charge is 0.481 e. The van der Waals surface area contributed by atoms with Crippen LogP contribution < -0.4 is 5.32 Å². The van der Waals surface area contributed by atoms with Crippen LogP contribution in [-0.4, -0.2) is 23.0 Å². The predicted octanol–water partition coefficient (Wildman–Crippen LogP) is 1.40. The highest BCUT2D eigenvalue weighted by atomic mass is 16.4. The number of rotatable bonds is 5. The molecule has 2 atom stereocenters. The van der Waals surface area contributed by atoms with Crippen LogP contribution in [0.4, 0.5) is 0 Å². The van der Waals surface area contributed by atoms with Crippen molar-refractivity contribution in [3.63, 3.8) is 0 Å². The van der Waals surface area contributed by atoms with Gasteiger partial charge in [-0.05, 0) is 30.6 Å².